The number of benzene rings is 2. The number of carbonyl (C=O) groups is 2. The Morgan fingerprint density at radius 3 is 2.57 bits per heavy atom. The summed E-state index contributed by atoms with van der Waals surface area (Å²) in [7, 11) is 0. The van der Waals surface area contributed by atoms with Gasteiger partial charge in [-0.1, -0.05) is 41.9 Å². The van der Waals surface area contributed by atoms with Crippen molar-refractivity contribution in [3.63, 3.8) is 0 Å². The van der Waals surface area contributed by atoms with Crippen LogP contribution >= 0.6 is 11.6 Å². The number of hydrogen-bond acceptors (Lipinski definition) is 3. The number of nitrogens with zero attached hydrogens (tertiary/aromatic N) is 1. The Morgan fingerprint density at radius 2 is 1.89 bits per heavy atom. The van der Waals surface area contributed by atoms with Crippen molar-refractivity contribution in [2.45, 2.75) is 31.8 Å². The molecule has 0 aromatic heterocycles. The summed E-state index contributed by atoms with van der Waals surface area (Å²) in [4.78, 5) is 26.4. The van der Waals surface area contributed by atoms with E-state index in [1.807, 2.05) is 30.3 Å². The van der Waals surface area contributed by atoms with Crippen LogP contribution in [0, 0.1) is 5.92 Å². The molecule has 0 spiro atoms. The number of halogens is 1. The van der Waals surface area contributed by atoms with E-state index in [9.17, 15) is 14.7 Å². The molecule has 0 saturated carbocycles. The van der Waals surface area contributed by atoms with Gasteiger partial charge in [0, 0.05) is 30.2 Å². The maximum absolute atomic E-state index is 12.5. The number of amides is 2. The summed E-state index contributed by atoms with van der Waals surface area (Å²) < 4.78 is 0. The first-order valence-electron chi connectivity index (χ1n) is 9.44. The highest BCUT2D eigenvalue weighted by Gasteiger charge is 2.35. The van der Waals surface area contributed by atoms with Crippen LogP contribution in [0.15, 0.2) is 54.6 Å². The van der Waals surface area contributed by atoms with Gasteiger partial charge in [0.2, 0.25) is 11.8 Å². The van der Waals surface area contributed by atoms with Crippen molar-refractivity contribution in [3.05, 3.63) is 65.2 Å². The molecule has 2 atom stereocenters. The fourth-order valence-electron chi connectivity index (χ4n) is 3.32. The van der Waals surface area contributed by atoms with E-state index in [1.165, 1.54) is 0 Å². The van der Waals surface area contributed by atoms with Crippen LogP contribution in [0.4, 0.5) is 5.69 Å². The Balaban J connectivity index is 1.50. The van der Waals surface area contributed by atoms with Crippen molar-refractivity contribution in [1.29, 1.82) is 0 Å². The molecule has 2 aromatic rings. The summed E-state index contributed by atoms with van der Waals surface area (Å²) in [5, 5.41) is 14.0. The third kappa shape index (κ3) is 5.33. The third-order valence-corrected chi connectivity index (χ3v) is 5.32. The molecule has 6 heteroatoms. The average molecular weight is 401 g/mol. The number of anilines is 1. The molecule has 0 aliphatic carbocycles. The van der Waals surface area contributed by atoms with Gasteiger partial charge in [0.05, 0.1) is 11.5 Å². The average Bonchev–Trinajstić information content (AvgIpc) is 3.08. The lowest BCUT2D eigenvalue weighted by atomic mass is 9.96. The van der Waals surface area contributed by atoms with Crippen molar-refractivity contribution in [2.75, 3.05) is 18.0 Å². The predicted octanol–water partition coefficient (Wildman–Crippen LogP) is 3.19. The second-order valence-electron chi connectivity index (χ2n) is 7.58. The summed E-state index contributed by atoms with van der Waals surface area (Å²) in [6, 6.07) is 16.9. The molecular formula is C22H25ClN2O3. The molecule has 1 fully saturated rings. The highest BCUT2D eigenvalue weighted by Crippen LogP contribution is 2.26. The number of rotatable bonds is 7. The van der Waals surface area contributed by atoms with Crippen molar-refractivity contribution >= 4 is 29.1 Å². The largest absolute Gasteiger partial charge is 0.388 e. The van der Waals surface area contributed by atoms with Crippen molar-refractivity contribution in [3.8, 4) is 0 Å². The van der Waals surface area contributed by atoms with Crippen molar-refractivity contribution < 1.29 is 14.7 Å². The van der Waals surface area contributed by atoms with Gasteiger partial charge in [-0.15, -0.1) is 0 Å². The van der Waals surface area contributed by atoms with Gasteiger partial charge in [0.1, 0.15) is 0 Å². The number of nitrogens with one attached hydrogen (secondary N) is 1. The second kappa shape index (κ2) is 8.76. The molecule has 0 radical (unpaired) electrons. The van der Waals surface area contributed by atoms with Gasteiger partial charge in [0.15, 0.2) is 0 Å². The van der Waals surface area contributed by atoms with Gasteiger partial charge in [-0.05, 0) is 49.6 Å². The Morgan fingerprint density at radius 1 is 1.21 bits per heavy atom. The maximum atomic E-state index is 12.5. The maximum Gasteiger partial charge on any atom is 0.227 e. The Labute approximate surface area is 170 Å². The minimum atomic E-state index is -1.01. The van der Waals surface area contributed by atoms with Crippen LogP contribution in [-0.2, 0) is 16.0 Å². The summed E-state index contributed by atoms with van der Waals surface area (Å²) >= 11 is 5.89. The van der Waals surface area contributed by atoms with E-state index < -0.39 is 11.5 Å². The molecule has 2 amide bonds. The number of aliphatic hydroxyl groups is 1. The molecule has 5 nitrogen and oxygen atoms in total. The normalized spacial score (nSPS) is 18.8. The molecule has 0 bridgehead atoms. The minimum absolute atomic E-state index is 0.0849. The van der Waals surface area contributed by atoms with E-state index in [2.05, 4.69) is 5.32 Å². The fraction of sp³-hybridized carbons (Fsp3) is 0.364. The molecule has 1 heterocycles. The van der Waals surface area contributed by atoms with Gasteiger partial charge >= 0.3 is 0 Å². The van der Waals surface area contributed by atoms with Crippen LogP contribution < -0.4 is 10.2 Å². The van der Waals surface area contributed by atoms with Gasteiger partial charge < -0.3 is 15.3 Å². The van der Waals surface area contributed by atoms with E-state index in [0.29, 0.717) is 18.0 Å². The first-order valence-corrected chi connectivity index (χ1v) is 9.82. The lowest BCUT2D eigenvalue weighted by molar-refractivity contribution is -0.127. The molecule has 148 valence electrons. The topological polar surface area (TPSA) is 69.6 Å². The lowest BCUT2D eigenvalue weighted by Gasteiger charge is -2.24. The van der Waals surface area contributed by atoms with Gasteiger partial charge in [0.25, 0.3) is 0 Å². The number of carbonyl (C=O) groups excluding carboxylic acids is 2. The monoisotopic (exact) mass is 400 g/mol. The highest BCUT2D eigenvalue weighted by atomic mass is 35.5. The highest BCUT2D eigenvalue weighted by molar-refractivity contribution is 6.30. The first kappa shape index (κ1) is 20.4. The summed E-state index contributed by atoms with van der Waals surface area (Å²) in [5.41, 5.74) is 0.873. The van der Waals surface area contributed by atoms with Gasteiger partial charge in [-0.3, -0.25) is 9.59 Å². The van der Waals surface area contributed by atoms with E-state index in [4.69, 9.17) is 11.6 Å². The van der Waals surface area contributed by atoms with Crippen LogP contribution in [0.2, 0.25) is 5.02 Å². The van der Waals surface area contributed by atoms with E-state index in [0.717, 1.165) is 17.7 Å². The SMILES string of the molecule is C[C@@](O)(CCc1ccccc1)CNC(=O)[C@@H]1CC(=O)N(c2ccc(Cl)cc2)C1. The van der Waals surface area contributed by atoms with E-state index in [1.54, 1.807) is 36.1 Å². The predicted molar refractivity (Wildman–Crippen MR) is 110 cm³/mol. The van der Waals surface area contributed by atoms with Crippen LogP contribution in [0.25, 0.3) is 0 Å². The third-order valence-electron chi connectivity index (χ3n) is 5.07. The van der Waals surface area contributed by atoms with Crippen LogP contribution in [-0.4, -0.2) is 35.6 Å². The summed E-state index contributed by atoms with van der Waals surface area (Å²) in [5.74, 6) is -0.712. The Bertz CT molecular complexity index is 821. The summed E-state index contributed by atoms with van der Waals surface area (Å²) in [6.07, 6.45) is 1.44. The molecule has 1 saturated heterocycles. The van der Waals surface area contributed by atoms with Gasteiger partial charge in [-0.25, -0.2) is 0 Å². The van der Waals surface area contributed by atoms with Crippen molar-refractivity contribution in [1.82, 2.24) is 5.32 Å². The zero-order valence-electron chi connectivity index (χ0n) is 15.9. The number of hydrogen-bond donors (Lipinski definition) is 2. The molecule has 28 heavy (non-hydrogen) atoms. The van der Waals surface area contributed by atoms with E-state index in [-0.39, 0.29) is 24.8 Å². The first-order chi connectivity index (χ1) is 13.3. The zero-order valence-corrected chi connectivity index (χ0v) is 16.7. The minimum Gasteiger partial charge on any atom is -0.388 e. The standard InChI is InChI=1S/C22H25ClN2O3/c1-22(28,12-11-16-5-3-2-4-6-16)15-24-21(27)17-13-20(26)25(14-17)19-9-7-18(23)8-10-19/h2-10,17,28H,11-15H2,1H3,(H,24,27)/t17-,22-/m1/s1. The smallest absolute Gasteiger partial charge is 0.227 e. The summed E-state index contributed by atoms with van der Waals surface area (Å²) in [6.45, 7) is 2.21. The Hall–Kier alpha value is -2.37. The lowest BCUT2D eigenvalue weighted by Crippen LogP contribution is -2.43. The fourth-order valence-corrected chi connectivity index (χ4v) is 3.45. The molecule has 3 rings (SSSR count). The van der Waals surface area contributed by atoms with E-state index >= 15 is 0 Å². The van der Waals surface area contributed by atoms with Gasteiger partial charge in [-0.2, -0.15) is 0 Å². The molecule has 1 aliphatic rings. The van der Waals surface area contributed by atoms with Crippen LogP contribution in [0.5, 0.6) is 0 Å². The van der Waals surface area contributed by atoms with Crippen LogP contribution in [0.1, 0.15) is 25.3 Å². The molecule has 1 aliphatic heterocycles. The quantitative estimate of drug-likeness (QED) is 0.749. The molecule has 0 unspecified atom stereocenters. The van der Waals surface area contributed by atoms with Crippen molar-refractivity contribution in [2.24, 2.45) is 5.92 Å². The number of aryl methyl sites for hydroxylation is 1. The molecule has 2 aromatic carbocycles. The van der Waals surface area contributed by atoms with Crippen LogP contribution in [0.3, 0.4) is 0 Å². The Kier molecular flexibility index (Phi) is 6.37. The molecule has 2 N–H and O–H groups in total. The molecular weight excluding hydrogens is 376 g/mol. The second-order valence-corrected chi connectivity index (χ2v) is 8.02. The zero-order chi connectivity index (χ0) is 20.1.